The molecule has 0 spiro atoms. The quantitative estimate of drug-likeness (QED) is 0.198. The van der Waals surface area contributed by atoms with Crippen LogP contribution >= 0.6 is 0 Å². The number of hydrogen-bond donors (Lipinski definition) is 0. The lowest BCUT2D eigenvalue weighted by Gasteiger charge is -2.26. The molecule has 1 heterocycles. The molecule has 0 aliphatic heterocycles. The molecule has 0 saturated carbocycles. The molecule has 0 aliphatic rings. The number of pyridine rings is 1. The van der Waals surface area contributed by atoms with Crippen molar-refractivity contribution in [3.05, 3.63) is 95.3 Å². The third kappa shape index (κ3) is 7.67. The summed E-state index contributed by atoms with van der Waals surface area (Å²) in [5.41, 5.74) is 1.36. The lowest BCUT2D eigenvalue weighted by Crippen LogP contribution is -2.28. The van der Waals surface area contributed by atoms with Crippen LogP contribution in [0.4, 0.5) is 8.78 Å². The Labute approximate surface area is 213 Å². The van der Waals surface area contributed by atoms with E-state index >= 15 is 0 Å². The fourth-order valence-electron chi connectivity index (χ4n) is 3.79. The van der Waals surface area contributed by atoms with E-state index in [2.05, 4.69) is 4.98 Å². The molecule has 0 amide bonds. The lowest BCUT2D eigenvalue weighted by atomic mass is 9.87. The van der Waals surface area contributed by atoms with Gasteiger partial charge in [-0.2, -0.15) is 0 Å². The molecule has 194 valence electrons. The van der Waals surface area contributed by atoms with Gasteiger partial charge in [-0.1, -0.05) is 31.2 Å². The number of rotatable bonds is 11. The molecule has 0 saturated heterocycles. The van der Waals surface area contributed by atoms with E-state index in [-0.39, 0.29) is 24.7 Å². The number of Topliss-reactive ketones (excluding diaryl/α,β-unsaturated/α-hetero) is 1. The summed E-state index contributed by atoms with van der Waals surface area (Å²) in [5, 5.41) is 0. The summed E-state index contributed by atoms with van der Waals surface area (Å²) < 4.78 is 42.8. The van der Waals surface area contributed by atoms with E-state index in [1.54, 1.807) is 44.2 Å². The highest BCUT2D eigenvalue weighted by molar-refractivity contribution is 5.98. The first-order valence-corrected chi connectivity index (χ1v) is 11.6. The summed E-state index contributed by atoms with van der Waals surface area (Å²) in [6.45, 7) is 4.08. The number of carbonyl (C=O) groups is 3. The molecular formula is C28H27F2NO6. The number of ketones is 1. The average molecular weight is 512 g/mol. The molecule has 0 bridgehead atoms. The Morgan fingerprint density at radius 1 is 0.892 bits per heavy atom. The zero-order valence-corrected chi connectivity index (χ0v) is 20.6. The minimum atomic E-state index is -0.819. The smallest absolute Gasteiger partial charge is 0.309 e. The molecule has 0 aliphatic carbocycles. The zero-order chi connectivity index (χ0) is 26.9. The molecule has 2 atom stereocenters. The topological polar surface area (TPSA) is 91.8 Å². The third-order valence-corrected chi connectivity index (χ3v) is 5.64. The van der Waals surface area contributed by atoms with E-state index in [1.165, 1.54) is 43.5 Å². The van der Waals surface area contributed by atoms with E-state index in [1.807, 2.05) is 0 Å². The number of esters is 2. The number of ether oxygens (including phenoxy) is 3. The van der Waals surface area contributed by atoms with Crippen LogP contribution in [0.25, 0.3) is 0 Å². The maximum atomic E-state index is 13.5. The maximum absolute atomic E-state index is 13.5. The van der Waals surface area contributed by atoms with Crippen LogP contribution in [0.5, 0.6) is 5.75 Å². The van der Waals surface area contributed by atoms with Crippen molar-refractivity contribution in [3.63, 3.8) is 0 Å². The predicted molar refractivity (Wildman–Crippen MR) is 130 cm³/mol. The van der Waals surface area contributed by atoms with Gasteiger partial charge in [0.1, 0.15) is 23.4 Å². The van der Waals surface area contributed by atoms with Crippen molar-refractivity contribution in [1.29, 1.82) is 0 Å². The number of benzene rings is 2. The second-order valence-corrected chi connectivity index (χ2v) is 8.50. The van der Waals surface area contributed by atoms with Crippen LogP contribution in [0.2, 0.25) is 0 Å². The fourth-order valence-corrected chi connectivity index (χ4v) is 3.79. The molecule has 7 nitrogen and oxygen atoms in total. The highest BCUT2D eigenvalue weighted by Crippen LogP contribution is 2.31. The van der Waals surface area contributed by atoms with Gasteiger partial charge in [0.2, 0.25) is 6.79 Å². The number of hydrogen-bond acceptors (Lipinski definition) is 7. The SMILES string of the molecule is CC(=O)OCOc1cccnc1C(=O)C[C@@H](C)C(=O)O[C@@H](C)C(c1ccc(F)cc1)c1ccc(F)cc1. The van der Waals surface area contributed by atoms with Gasteiger partial charge in [-0.15, -0.1) is 0 Å². The third-order valence-electron chi connectivity index (χ3n) is 5.64. The summed E-state index contributed by atoms with van der Waals surface area (Å²) in [5.74, 6) is -3.63. The van der Waals surface area contributed by atoms with Gasteiger partial charge in [0.15, 0.2) is 11.5 Å². The van der Waals surface area contributed by atoms with Gasteiger partial charge in [-0.05, 0) is 54.4 Å². The van der Waals surface area contributed by atoms with E-state index in [9.17, 15) is 23.2 Å². The van der Waals surface area contributed by atoms with E-state index in [0.717, 1.165) is 0 Å². The molecular weight excluding hydrogens is 484 g/mol. The first kappa shape index (κ1) is 27.4. The monoisotopic (exact) mass is 511 g/mol. The Bertz CT molecular complexity index is 1180. The van der Waals surface area contributed by atoms with Crippen molar-refractivity contribution in [3.8, 4) is 5.75 Å². The minimum absolute atomic E-state index is 0.00199. The molecule has 37 heavy (non-hydrogen) atoms. The van der Waals surface area contributed by atoms with Crippen LogP contribution in [0.1, 0.15) is 54.7 Å². The molecule has 2 aromatic carbocycles. The number of aromatic nitrogens is 1. The second kappa shape index (κ2) is 12.7. The van der Waals surface area contributed by atoms with Gasteiger partial charge in [0, 0.05) is 25.5 Å². The van der Waals surface area contributed by atoms with Gasteiger partial charge in [0.25, 0.3) is 0 Å². The van der Waals surface area contributed by atoms with Crippen LogP contribution in [-0.4, -0.2) is 35.6 Å². The highest BCUT2D eigenvalue weighted by Gasteiger charge is 2.29. The molecule has 3 rings (SSSR count). The van der Waals surface area contributed by atoms with Crippen molar-refractivity contribution < 1.29 is 37.4 Å². The predicted octanol–water partition coefficient (Wildman–Crippen LogP) is 5.23. The first-order chi connectivity index (χ1) is 17.7. The van der Waals surface area contributed by atoms with Crippen molar-refractivity contribution in [2.75, 3.05) is 6.79 Å². The van der Waals surface area contributed by atoms with Gasteiger partial charge in [0.05, 0.1) is 5.92 Å². The van der Waals surface area contributed by atoms with Crippen molar-refractivity contribution >= 4 is 17.7 Å². The van der Waals surface area contributed by atoms with Crippen LogP contribution < -0.4 is 4.74 Å². The molecule has 0 N–H and O–H groups in total. The number of nitrogens with zero attached hydrogens (tertiary/aromatic N) is 1. The van der Waals surface area contributed by atoms with Gasteiger partial charge >= 0.3 is 11.9 Å². The van der Waals surface area contributed by atoms with Gasteiger partial charge < -0.3 is 14.2 Å². The van der Waals surface area contributed by atoms with E-state index < -0.39 is 47.3 Å². The molecule has 0 unspecified atom stereocenters. The summed E-state index contributed by atoms with van der Waals surface area (Å²) in [7, 11) is 0. The lowest BCUT2D eigenvalue weighted by molar-refractivity contribution is -0.153. The normalized spacial score (nSPS) is 12.5. The maximum Gasteiger partial charge on any atom is 0.309 e. The van der Waals surface area contributed by atoms with Crippen molar-refractivity contribution in [1.82, 2.24) is 4.98 Å². The number of halogens is 2. The van der Waals surface area contributed by atoms with Crippen LogP contribution in [0.15, 0.2) is 66.9 Å². The Hall–Kier alpha value is -4.14. The van der Waals surface area contributed by atoms with Crippen molar-refractivity contribution in [2.45, 2.75) is 39.2 Å². The highest BCUT2D eigenvalue weighted by atomic mass is 19.1. The average Bonchev–Trinajstić information content (AvgIpc) is 2.86. The summed E-state index contributed by atoms with van der Waals surface area (Å²) in [6, 6.07) is 14.6. The van der Waals surface area contributed by atoms with Crippen LogP contribution in [0, 0.1) is 17.6 Å². The van der Waals surface area contributed by atoms with Gasteiger partial charge in [-0.3, -0.25) is 14.4 Å². The largest absolute Gasteiger partial charge is 0.461 e. The zero-order valence-electron chi connectivity index (χ0n) is 20.6. The van der Waals surface area contributed by atoms with E-state index in [4.69, 9.17) is 14.2 Å². The van der Waals surface area contributed by atoms with E-state index in [0.29, 0.717) is 11.1 Å². The first-order valence-electron chi connectivity index (χ1n) is 11.6. The fraction of sp³-hybridized carbons (Fsp3) is 0.286. The summed E-state index contributed by atoms with van der Waals surface area (Å²) in [4.78, 5) is 40.8. The Kier molecular flexibility index (Phi) is 9.43. The Balaban J connectivity index is 1.71. The Morgan fingerprint density at radius 2 is 1.46 bits per heavy atom. The van der Waals surface area contributed by atoms with Gasteiger partial charge in [-0.25, -0.2) is 13.8 Å². The molecule has 0 radical (unpaired) electrons. The number of carbonyl (C=O) groups excluding carboxylic acids is 3. The second-order valence-electron chi connectivity index (χ2n) is 8.50. The van der Waals surface area contributed by atoms with Crippen molar-refractivity contribution in [2.24, 2.45) is 5.92 Å². The Morgan fingerprint density at radius 3 is 2.00 bits per heavy atom. The minimum Gasteiger partial charge on any atom is -0.461 e. The van der Waals surface area contributed by atoms with Crippen LogP contribution in [-0.2, 0) is 19.1 Å². The standard InChI is InChI=1S/C28H27F2NO6/c1-17(15-24(33)27-25(5-4-14-31-27)36-16-35-19(3)32)28(34)37-18(2)26(20-6-10-22(29)11-7-20)21-8-12-23(30)13-9-21/h4-14,17-18,26H,15-16H2,1-3H3/t17-,18+/m1/s1. The molecule has 3 aromatic rings. The van der Waals surface area contributed by atoms with Crippen LogP contribution in [0.3, 0.4) is 0 Å². The molecule has 9 heteroatoms. The summed E-state index contributed by atoms with van der Waals surface area (Å²) in [6.07, 6.45) is 0.496. The molecule has 0 fully saturated rings. The summed E-state index contributed by atoms with van der Waals surface area (Å²) >= 11 is 0. The molecule has 1 aromatic heterocycles.